The fraction of sp³-hybridized carbons (Fsp3) is 0.304. The largest absolute Gasteiger partial charge is 0.493 e. The number of hydrogen-bond donors (Lipinski definition) is 0. The average Bonchev–Trinajstić information content (AvgIpc) is 3.23. The first-order chi connectivity index (χ1) is 14.9. The third kappa shape index (κ3) is 5.68. The minimum atomic E-state index is -0.0591. The quantitative estimate of drug-likeness (QED) is 0.425. The molecule has 8 heteroatoms. The van der Waals surface area contributed by atoms with Gasteiger partial charge in [0.15, 0.2) is 11.5 Å². The SMILES string of the molecule is COc1cccc(OC)c1OCc1nc(CN(C(=O)c2ccc(Cl)cc2)C(C)C)cs1. The number of carbonyl (C=O) groups is 1. The first kappa shape index (κ1) is 22.9. The van der Waals surface area contributed by atoms with Gasteiger partial charge in [-0.2, -0.15) is 0 Å². The Kier molecular flexibility index (Phi) is 7.76. The van der Waals surface area contributed by atoms with E-state index in [2.05, 4.69) is 4.98 Å². The van der Waals surface area contributed by atoms with E-state index in [-0.39, 0.29) is 18.6 Å². The van der Waals surface area contributed by atoms with Crippen molar-refractivity contribution in [3.05, 3.63) is 69.1 Å². The van der Waals surface area contributed by atoms with Crippen molar-refractivity contribution in [1.29, 1.82) is 0 Å². The van der Waals surface area contributed by atoms with Gasteiger partial charge in [-0.25, -0.2) is 4.98 Å². The predicted octanol–water partition coefficient (Wildman–Crippen LogP) is 5.44. The molecule has 1 aromatic heterocycles. The molecule has 2 aromatic carbocycles. The molecule has 0 bridgehead atoms. The molecule has 31 heavy (non-hydrogen) atoms. The Bertz CT molecular complexity index is 998. The van der Waals surface area contributed by atoms with Crippen LogP contribution < -0.4 is 14.2 Å². The molecule has 0 radical (unpaired) electrons. The van der Waals surface area contributed by atoms with E-state index in [1.165, 1.54) is 11.3 Å². The van der Waals surface area contributed by atoms with Crippen molar-refractivity contribution < 1.29 is 19.0 Å². The van der Waals surface area contributed by atoms with Crippen LogP contribution in [0.4, 0.5) is 0 Å². The van der Waals surface area contributed by atoms with Crippen LogP contribution in [-0.4, -0.2) is 36.1 Å². The van der Waals surface area contributed by atoms with Crippen molar-refractivity contribution in [2.75, 3.05) is 14.2 Å². The summed E-state index contributed by atoms with van der Waals surface area (Å²) in [6.07, 6.45) is 0. The Balaban J connectivity index is 1.70. The Morgan fingerprint density at radius 1 is 1.10 bits per heavy atom. The summed E-state index contributed by atoms with van der Waals surface area (Å²) in [6.45, 7) is 4.65. The molecule has 0 aliphatic rings. The predicted molar refractivity (Wildman–Crippen MR) is 122 cm³/mol. The van der Waals surface area contributed by atoms with Gasteiger partial charge in [-0.05, 0) is 50.2 Å². The lowest BCUT2D eigenvalue weighted by Gasteiger charge is -2.26. The highest BCUT2D eigenvalue weighted by Gasteiger charge is 2.20. The highest BCUT2D eigenvalue weighted by molar-refractivity contribution is 7.09. The van der Waals surface area contributed by atoms with Crippen LogP contribution in [0.1, 0.15) is 34.9 Å². The second-order valence-electron chi connectivity index (χ2n) is 7.05. The molecule has 0 aliphatic heterocycles. The summed E-state index contributed by atoms with van der Waals surface area (Å²) in [4.78, 5) is 19.4. The summed E-state index contributed by atoms with van der Waals surface area (Å²) in [5, 5.41) is 3.34. The van der Waals surface area contributed by atoms with Gasteiger partial charge in [-0.15, -0.1) is 11.3 Å². The van der Waals surface area contributed by atoms with Crippen molar-refractivity contribution in [3.63, 3.8) is 0 Å². The van der Waals surface area contributed by atoms with Crippen molar-refractivity contribution in [2.24, 2.45) is 0 Å². The molecule has 0 spiro atoms. The monoisotopic (exact) mass is 460 g/mol. The molecule has 6 nitrogen and oxygen atoms in total. The maximum atomic E-state index is 13.0. The van der Waals surface area contributed by atoms with Crippen molar-refractivity contribution in [2.45, 2.75) is 33.0 Å². The van der Waals surface area contributed by atoms with Gasteiger partial charge in [-0.3, -0.25) is 4.79 Å². The minimum Gasteiger partial charge on any atom is -0.493 e. The van der Waals surface area contributed by atoms with Crippen LogP contribution in [0.2, 0.25) is 5.02 Å². The molecule has 0 N–H and O–H groups in total. The number of benzene rings is 2. The molecule has 3 aromatic rings. The second kappa shape index (κ2) is 10.5. The summed E-state index contributed by atoms with van der Waals surface area (Å²) in [6, 6.07) is 12.4. The van der Waals surface area contributed by atoms with Crippen molar-refractivity contribution in [3.8, 4) is 17.2 Å². The number of hydrogen-bond acceptors (Lipinski definition) is 6. The summed E-state index contributed by atoms with van der Waals surface area (Å²) in [5.74, 6) is 1.66. The van der Waals surface area contributed by atoms with Gasteiger partial charge in [0.25, 0.3) is 5.91 Å². The van der Waals surface area contributed by atoms with E-state index in [1.54, 1.807) is 43.4 Å². The topological polar surface area (TPSA) is 60.9 Å². The maximum Gasteiger partial charge on any atom is 0.254 e. The number of methoxy groups -OCH3 is 2. The molecule has 0 atom stereocenters. The molecule has 164 valence electrons. The zero-order valence-corrected chi connectivity index (χ0v) is 19.5. The third-order valence-corrected chi connectivity index (χ3v) is 5.75. The molecule has 3 rings (SSSR count). The normalized spacial score (nSPS) is 10.8. The standard InChI is InChI=1S/C23H25ClN2O4S/c1-15(2)26(23(27)16-8-10-17(24)11-9-16)12-18-14-31-21(25-18)13-30-22-19(28-3)6-5-7-20(22)29-4/h5-11,14-15H,12-13H2,1-4H3. The van der Waals surface area contributed by atoms with E-state index in [9.17, 15) is 4.79 Å². The average molecular weight is 461 g/mol. The van der Waals surface area contributed by atoms with Crippen LogP contribution >= 0.6 is 22.9 Å². The molecule has 0 aliphatic carbocycles. The molecular formula is C23H25ClN2O4S. The number of carbonyl (C=O) groups excluding carboxylic acids is 1. The van der Waals surface area contributed by atoms with E-state index in [4.69, 9.17) is 25.8 Å². The van der Waals surface area contributed by atoms with Crippen LogP contribution in [-0.2, 0) is 13.2 Å². The fourth-order valence-corrected chi connectivity index (χ4v) is 3.83. The minimum absolute atomic E-state index is 0.0161. The first-order valence-electron chi connectivity index (χ1n) is 9.76. The summed E-state index contributed by atoms with van der Waals surface area (Å²) in [5.41, 5.74) is 1.41. The molecule has 0 unspecified atom stereocenters. The van der Waals surface area contributed by atoms with E-state index in [0.717, 1.165) is 10.7 Å². The van der Waals surface area contributed by atoms with Gasteiger partial charge < -0.3 is 19.1 Å². The van der Waals surface area contributed by atoms with Crippen LogP contribution in [0, 0.1) is 0 Å². The first-order valence-corrected chi connectivity index (χ1v) is 11.0. The van der Waals surface area contributed by atoms with Gasteiger partial charge in [0.1, 0.15) is 11.6 Å². The van der Waals surface area contributed by atoms with Gasteiger partial charge in [0, 0.05) is 22.0 Å². The Labute approximate surface area is 191 Å². The van der Waals surface area contributed by atoms with Gasteiger partial charge in [-0.1, -0.05) is 17.7 Å². The number of nitrogens with zero attached hydrogens (tertiary/aromatic N) is 2. The summed E-state index contributed by atoms with van der Waals surface area (Å²) in [7, 11) is 3.17. The van der Waals surface area contributed by atoms with E-state index in [0.29, 0.717) is 34.4 Å². The third-order valence-electron chi connectivity index (χ3n) is 4.63. The highest BCUT2D eigenvalue weighted by atomic mass is 35.5. The highest BCUT2D eigenvalue weighted by Crippen LogP contribution is 2.37. The second-order valence-corrected chi connectivity index (χ2v) is 8.43. The lowest BCUT2D eigenvalue weighted by molar-refractivity contribution is 0.0688. The number of thiazole rings is 1. The molecule has 0 saturated heterocycles. The number of amides is 1. The Morgan fingerprint density at radius 3 is 2.32 bits per heavy atom. The molecular weight excluding hydrogens is 436 g/mol. The van der Waals surface area contributed by atoms with Crippen LogP contribution in [0.3, 0.4) is 0 Å². The van der Waals surface area contributed by atoms with E-state index in [1.807, 2.05) is 37.4 Å². The number of halogens is 1. The molecule has 0 saturated carbocycles. The van der Waals surface area contributed by atoms with Gasteiger partial charge >= 0.3 is 0 Å². The Hall–Kier alpha value is -2.77. The van der Waals surface area contributed by atoms with Crippen LogP contribution in [0.5, 0.6) is 17.2 Å². The van der Waals surface area contributed by atoms with E-state index < -0.39 is 0 Å². The van der Waals surface area contributed by atoms with Gasteiger partial charge in [0.05, 0.1) is 26.5 Å². The fourth-order valence-electron chi connectivity index (χ4n) is 3.00. The molecule has 1 amide bonds. The van der Waals surface area contributed by atoms with Gasteiger partial charge in [0.2, 0.25) is 5.75 Å². The lowest BCUT2D eigenvalue weighted by Crippen LogP contribution is -2.36. The van der Waals surface area contributed by atoms with Crippen LogP contribution in [0.25, 0.3) is 0 Å². The zero-order chi connectivity index (χ0) is 22.4. The summed E-state index contributed by atoms with van der Waals surface area (Å²) < 4.78 is 16.7. The lowest BCUT2D eigenvalue weighted by atomic mass is 10.1. The molecule has 1 heterocycles. The number of para-hydroxylation sites is 1. The maximum absolute atomic E-state index is 13.0. The van der Waals surface area contributed by atoms with Crippen molar-refractivity contribution in [1.82, 2.24) is 9.88 Å². The van der Waals surface area contributed by atoms with Crippen LogP contribution in [0.15, 0.2) is 47.8 Å². The van der Waals surface area contributed by atoms with Crippen molar-refractivity contribution >= 4 is 28.8 Å². The molecule has 0 fully saturated rings. The smallest absolute Gasteiger partial charge is 0.254 e. The Morgan fingerprint density at radius 2 is 1.74 bits per heavy atom. The van der Waals surface area contributed by atoms with E-state index >= 15 is 0 Å². The number of aromatic nitrogens is 1. The number of ether oxygens (including phenoxy) is 3. The number of rotatable bonds is 9. The summed E-state index contributed by atoms with van der Waals surface area (Å²) >= 11 is 7.43. The zero-order valence-electron chi connectivity index (χ0n) is 17.9.